The Hall–Kier alpha value is -4.02. The predicted octanol–water partition coefficient (Wildman–Crippen LogP) is 0.189. The SMILES string of the molecule is COC(=O)CCNC(=O)c1nc(N)c2c(n1)nc(-c1ccc(C(=N)N)cc1)n2C. The molecular weight excluding hydrogens is 376 g/mol. The molecule has 0 spiro atoms. The van der Waals surface area contributed by atoms with Gasteiger partial charge in [-0.2, -0.15) is 0 Å². The first-order chi connectivity index (χ1) is 13.8. The van der Waals surface area contributed by atoms with Crippen LogP contribution in [0.4, 0.5) is 5.82 Å². The van der Waals surface area contributed by atoms with Crippen LogP contribution >= 0.6 is 0 Å². The summed E-state index contributed by atoms with van der Waals surface area (Å²) in [5, 5.41) is 10.0. The van der Waals surface area contributed by atoms with Gasteiger partial charge < -0.3 is 26.1 Å². The number of fused-ring (bicyclic) bond motifs is 1. The van der Waals surface area contributed by atoms with Crippen LogP contribution in [0.15, 0.2) is 24.3 Å². The fraction of sp³-hybridized carbons (Fsp3) is 0.222. The summed E-state index contributed by atoms with van der Waals surface area (Å²) in [5.74, 6) is -0.503. The number of anilines is 1. The molecule has 1 amide bonds. The fourth-order valence-corrected chi connectivity index (χ4v) is 2.76. The van der Waals surface area contributed by atoms with Crippen LogP contribution in [0.1, 0.15) is 22.6 Å². The number of nitrogen functional groups attached to an aromatic ring is 2. The summed E-state index contributed by atoms with van der Waals surface area (Å²) in [5.41, 5.74) is 13.6. The third-order valence-electron chi connectivity index (χ3n) is 4.26. The molecule has 0 radical (unpaired) electrons. The monoisotopic (exact) mass is 396 g/mol. The van der Waals surface area contributed by atoms with Crippen molar-refractivity contribution in [2.45, 2.75) is 6.42 Å². The zero-order valence-corrected chi connectivity index (χ0v) is 15.9. The molecule has 2 heterocycles. The van der Waals surface area contributed by atoms with Gasteiger partial charge in [-0.3, -0.25) is 15.0 Å². The number of aromatic nitrogens is 4. The van der Waals surface area contributed by atoms with E-state index < -0.39 is 11.9 Å². The lowest BCUT2D eigenvalue weighted by atomic mass is 10.1. The second-order valence-corrected chi connectivity index (χ2v) is 6.17. The Morgan fingerprint density at radius 1 is 1.21 bits per heavy atom. The molecule has 6 N–H and O–H groups in total. The summed E-state index contributed by atoms with van der Waals surface area (Å²) in [6.07, 6.45) is 0.0317. The quantitative estimate of drug-likeness (QED) is 0.259. The van der Waals surface area contributed by atoms with E-state index >= 15 is 0 Å². The molecule has 0 aliphatic heterocycles. The maximum Gasteiger partial charge on any atom is 0.307 e. The fourth-order valence-electron chi connectivity index (χ4n) is 2.76. The number of benzene rings is 1. The number of esters is 1. The lowest BCUT2D eigenvalue weighted by molar-refractivity contribution is -0.140. The average molecular weight is 396 g/mol. The summed E-state index contributed by atoms with van der Waals surface area (Å²) >= 11 is 0. The molecule has 3 aromatic rings. The van der Waals surface area contributed by atoms with Crippen LogP contribution in [-0.4, -0.2) is 50.9 Å². The number of carbonyl (C=O) groups is 2. The molecule has 11 nitrogen and oxygen atoms in total. The number of nitrogens with two attached hydrogens (primary N) is 2. The van der Waals surface area contributed by atoms with E-state index in [4.69, 9.17) is 16.9 Å². The number of rotatable bonds is 6. The Kier molecular flexibility index (Phi) is 5.39. The van der Waals surface area contributed by atoms with E-state index in [2.05, 4.69) is 25.0 Å². The highest BCUT2D eigenvalue weighted by Crippen LogP contribution is 2.25. The minimum Gasteiger partial charge on any atom is -0.469 e. The Bertz CT molecular complexity index is 1100. The van der Waals surface area contributed by atoms with Gasteiger partial charge in [0.2, 0.25) is 5.82 Å². The molecule has 1 aromatic carbocycles. The van der Waals surface area contributed by atoms with Crippen LogP contribution in [-0.2, 0) is 16.6 Å². The molecule has 29 heavy (non-hydrogen) atoms. The summed E-state index contributed by atoms with van der Waals surface area (Å²) < 4.78 is 6.25. The van der Waals surface area contributed by atoms with Crippen molar-refractivity contribution < 1.29 is 14.3 Å². The Labute approximate surface area is 165 Å². The highest BCUT2D eigenvalue weighted by molar-refractivity contribution is 5.96. The molecule has 3 rings (SSSR count). The molecule has 0 atom stereocenters. The van der Waals surface area contributed by atoms with Gasteiger partial charge in [-0.25, -0.2) is 15.0 Å². The van der Waals surface area contributed by atoms with Gasteiger partial charge in [0.1, 0.15) is 17.2 Å². The number of ether oxygens (including phenoxy) is 1. The molecule has 0 unspecified atom stereocenters. The second kappa shape index (κ2) is 7.92. The highest BCUT2D eigenvalue weighted by Gasteiger charge is 2.19. The molecule has 0 aliphatic rings. The van der Waals surface area contributed by atoms with E-state index in [1.807, 2.05) is 0 Å². The lowest BCUT2D eigenvalue weighted by Gasteiger charge is -2.06. The molecular formula is C18H20N8O3. The third kappa shape index (κ3) is 3.98. The zero-order chi connectivity index (χ0) is 21.1. The number of imidazole rings is 1. The van der Waals surface area contributed by atoms with Crippen molar-refractivity contribution in [3.05, 3.63) is 35.7 Å². The molecule has 0 aliphatic carbocycles. The largest absolute Gasteiger partial charge is 0.469 e. The minimum absolute atomic E-state index is 0.0282. The van der Waals surface area contributed by atoms with Crippen LogP contribution in [0.3, 0.4) is 0 Å². The smallest absolute Gasteiger partial charge is 0.307 e. The molecule has 150 valence electrons. The number of nitrogens with one attached hydrogen (secondary N) is 2. The third-order valence-corrected chi connectivity index (χ3v) is 4.26. The van der Waals surface area contributed by atoms with Crippen molar-refractivity contribution in [2.75, 3.05) is 19.4 Å². The van der Waals surface area contributed by atoms with Gasteiger partial charge >= 0.3 is 5.97 Å². The van der Waals surface area contributed by atoms with Crippen molar-refractivity contribution in [1.82, 2.24) is 24.8 Å². The zero-order valence-electron chi connectivity index (χ0n) is 15.9. The van der Waals surface area contributed by atoms with Crippen molar-refractivity contribution >= 4 is 34.7 Å². The molecule has 11 heteroatoms. The number of methoxy groups -OCH3 is 1. The molecule has 0 bridgehead atoms. The van der Waals surface area contributed by atoms with Crippen LogP contribution in [0.5, 0.6) is 0 Å². The van der Waals surface area contributed by atoms with Gasteiger partial charge in [-0.15, -0.1) is 0 Å². The molecule has 0 saturated heterocycles. The topological polar surface area (TPSA) is 175 Å². The molecule has 2 aromatic heterocycles. The van der Waals surface area contributed by atoms with E-state index in [1.165, 1.54) is 7.11 Å². The summed E-state index contributed by atoms with van der Waals surface area (Å²) in [6, 6.07) is 6.99. The standard InChI is InChI=1S/C18H20N8O3/c1-26-12-14(21)23-16(18(28)22-8-7-11(27)29-2)24-15(12)25-17(26)10-5-3-9(4-6-10)13(19)20/h3-6H,7-8H2,1-2H3,(H3,19,20)(H,22,28)(H2,21,23,24). The number of carbonyl (C=O) groups excluding carboxylic acids is 2. The highest BCUT2D eigenvalue weighted by atomic mass is 16.5. The van der Waals surface area contributed by atoms with Gasteiger partial charge in [0.25, 0.3) is 5.91 Å². The van der Waals surface area contributed by atoms with E-state index in [9.17, 15) is 9.59 Å². The number of aryl methyl sites for hydroxylation is 1. The summed E-state index contributed by atoms with van der Waals surface area (Å²) in [6.45, 7) is 0.0861. The van der Waals surface area contributed by atoms with Crippen molar-refractivity contribution in [3.8, 4) is 11.4 Å². The van der Waals surface area contributed by atoms with E-state index in [1.54, 1.807) is 35.9 Å². The van der Waals surface area contributed by atoms with Gasteiger partial charge in [0.05, 0.1) is 13.5 Å². The van der Waals surface area contributed by atoms with Gasteiger partial charge in [0, 0.05) is 24.7 Å². The van der Waals surface area contributed by atoms with E-state index in [0.29, 0.717) is 16.9 Å². The second-order valence-electron chi connectivity index (χ2n) is 6.17. The van der Waals surface area contributed by atoms with E-state index in [0.717, 1.165) is 5.56 Å². The number of hydrogen-bond donors (Lipinski definition) is 4. The van der Waals surface area contributed by atoms with Gasteiger partial charge in [-0.1, -0.05) is 24.3 Å². The maximum atomic E-state index is 12.3. The van der Waals surface area contributed by atoms with Crippen LogP contribution in [0.2, 0.25) is 0 Å². The normalized spacial score (nSPS) is 10.7. The van der Waals surface area contributed by atoms with Crippen LogP contribution < -0.4 is 16.8 Å². The number of amidine groups is 1. The lowest BCUT2D eigenvalue weighted by Crippen LogP contribution is -2.28. The first kappa shape index (κ1) is 19.7. The Balaban J connectivity index is 1.91. The van der Waals surface area contributed by atoms with Gasteiger partial charge in [0.15, 0.2) is 11.5 Å². The van der Waals surface area contributed by atoms with E-state index in [-0.39, 0.29) is 36.1 Å². The molecule has 0 fully saturated rings. The average Bonchev–Trinajstić information content (AvgIpc) is 3.04. The number of nitrogens with zero attached hydrogens (tertiary/aromatic N) is 4. The first-order valence-electron chi connectivity index (χ1n) is 8.61. The predicted molar refractivity (Wildman–Crippen MR) is 106 cm³/mol. The number of amides is 1. The van der Waals surface area contributed by atoms with Crippen molar-refractivity contribution in [2.24, 2.45) is 12.8 Å². The van der Waals surface area contributed by atoms with Crippen molar-refractivity contribution in [1.29, 1.82) is 5.41 Å². The minimum atomic E-state index is -0.569. The Morgan fingerprint density at radius 2 is 1.90 bits per heavy atom. The first-order valence-corrected chi connectivity index (χ1v) is 8.61. The van der Waals surface area contributed by atoms with Crippen LogP contribution in [0.25, 0.3) is 22.6 Å². The van der Waals surface area contributed by atoms with Crippen molar-refractivity contribution in [3.63, 3.8) is 0 Å². The number of hydrogen-bond acceptors (Lipinski definition) is 8. The maximum absolute atomic E-state index is 12.3. The summed E-state index contributed by atoms with van der Waals surface area (Å²) in [4.78, 5) is 36.1. The molecule has 0 saturated carbocycles. The van der Waals surface area contributed by atoms with Gasteiger partial charge in [-0.05, 0) is 0 Å². The Morgan fingerprint density at radius 3 is 2.52 bits per heavy atom. The summed E-state index contributed by atoms with van der Waals surface area (Å²) in [7, 11) is 3.04. The van der Waals surface area contributed by atoms with Crippen LogP contribution in [0, 0.1) is 5.41 Å².